The fraction of sp³-hybridized carbons (Fsp3) is 0.200. The second-order valence-electron chi connectivity index (χ2n) is 2.14. The summed E-state index contributed by atoms with van der Waals surface area (Å²) in [7, 11) is -3.50. The average Bonchev–Trinajstić information content (AvgIpc) is 2.30. The summed E-state index contributed by atoms with van der Waals surface area (Å²) in [5.74, 6) is -0.825. The van der Waals surface area contributed by atoms with Crippen molar-refractivity contribution in [1.29, 1.82) is 0 Å². The molecule has 0 bridgehead atoms. The molecule has 1 rings (SSSR count). The van der Waals surface area contributed by atoms with Crippen LogP contribution in [0.2, 0.25) is 0 Å². The number of carbonyl (C=O) groups excluding carboxylic acids is 1. The third-order valence-corrected chi connectivity index (χ3v) is 1.87. The van der Waals surface area contributed by atoms with Crippen molar-refractivity contribution >= 4 is 15.7 Å². The largest absolute Gasteiger partial charge is 0.436 e. The highest BCUT2D eigenvalue weighted by atomic mass is 32.2. The molecule has 12 heavy (non-hydrogen) atoms. The Morgan fingerprint density at radius 2 is 2.25 bits per heavy atom. The molecule has 6 nitrogen and oxygen atoms in total. The van der Waals surface area contributed by atoms with Crippen LogP contribution < -0.4 is 5.73 Å². The molecular formula is C5H6N2O4S. The molecule has 0 aromatic carbocycles. The summed E-state index contributed by atoms with van der Waals surface area (Å²) >= 11 is 0. The third kappa shape index (κ3) is 1.62. The fourth-order valence-corrected chi connectivity index (χ4v) is 1.03. The Morgan fingerprint density at radius 3 is 2.50 bits per heavy atom. The van der Waals surface area contributed by atoms with Crippen LogP contribution in [0.4, 0.5) is 0 Å². The van der Waals surface area contributed by atoms with E-state index in [1.165, 1.54) is 0 Å². The van der Waals surface area contributed by atoms with Gasteiger partial charge in [0.25, 0.3) is 5.91 Å². The third-order valence-electron chi connectivity index (χ3n) is 1.05. The average molecular weight is 190 g/mol. The molecular weight excluding hydrogens is 184 g/mol. The second kappa shape index (κ2) is 2.59. The van der Waals surface area contributed by atoms with E-state index in [0.29, 0.717) is 0 Å². The van der Waals surface area contributed by atoms with E-state index in [4.69, 9.17) is 5.73 Å². The van der Waals surface area contributed by atoms with Gasteiger partial charge in [-0.1, -0.05) is 0 Å². The number of carbonyl (C=O) groups is 1. The predicted molar refractivity (Wildman–Crippen MR) is 38.1 cm³/mol. The van der Waals surface area contributed by atoms with E-state index in [2.05, 4.69) is 9.40 Å². The number of sulfone groups is 1. The number of rotatable bonds is 2. The van der Waals surface area contributed by atoms with Gasteiger partial charge in [0.1, 0.15) is 6.26 Å². The van der Waals surface area contributed by atoms with Gasteiger partial charge in [0.05, 0.1) is 0 Å². The molecule has 66 valence electrons. The number of hydrogen-bond acceptors (Lipinski definition) is 5. The zero-order valence-electron chi connectivity index (χ0n) is 6.14. The minimum Gasteiger partial charge on any atom is -0.436 e. The van der Waals surface area contributed by atoms with Crippen LogP contribution in [0.25, 0.3) is 0 Å². The molecule has 2 N–H and O–H groups in total. The minimum atomic E-state index is -3.50. The van der Waals surface area contributed by atoms with Crippen molar-refractivity contribution < 1.29 is 17.6 Å². The molecule has 0 aliphatic rings. The number of primary amides is 1. The molecule has 0 radical (unpaired) electrons. The Balaban J connectivity index is 3.17. The van der Waals surface area contributed by atoms with Crippen LogP contribution in [0.15, 0.2) is 15.9 Å². The summed E-state index contributed by atoms with van der Waals surface area (Å²) in [4.78, 5) is 13.8. The van der Waals surface area contributed by atoms with Crippen molar-refractivity contribution in [1.82, 2.24) is 4.98 Å². The van der Waals surface area contributed by atoms with Crippen LogP contribution in [0.1, 0.15) is 10.5 Å². The SMILES string of the molecule is CS(=O)(=O)c1nc(C(N)=O)co1. The van der Waals surface area contributed by atoms with Crippen molar-refractivity contribution in [3.05, 3.63) is 12.0 Å². The molecule has 0 saturated carbocycles. The highest BCUT2D eigenvalue weighted by molar-refractivity contribution is 7.90. The summed E-state index contributed by atoms with van der Waals surface area (Å²) in [6.07, 6.45) is 1.82. The Hall–Kier alpha value is -1.37. The summed E-state index contributed by atoms with van der Waals surface area (Å²) in [6.45, 7) is 0. The molecule has 0 spiro atoms. The van der Waals surface area contributed by atoms with Gasteiger partial charge in [0.15, 0.2) is 5.69 Å². The molecule has 1 heterocycles. The van der Waals surface area contributed by atoms with Crippen LogP contribution in [0.3, 0.4) is 0 Å². The van der Waals surface area contributed by atoms with Gasteiger partial charge in [-0.25, -0.2) is 8.42 Å². The first-order valence-electron chi connectivity index (χ1n) is 2.86. The highest BCUT2D eigenvalue weighted by Crippen LogP contribution is 2.07. The number of hydrogen-bond donors (Lipinski definition) is 1. The van der Waals surface area contributed by atoms with Gasteiger partial charge in [-0.05, 0) is 0 Å². The van der Waals surface area contributed by atoms with E-state index < -0.39 is 21.0 Å². The molecule has 1 aromatic heterocycles. The maximum absolute atomic E-state index is 10.8. The Morgan fingerprint density at radius 1 is 1.67 bits per heavy atom. The van der Waals surface area contributed by atoms with Gasteiger partial charge < -0.3 is 10.2 Å². The first-order chi connectivity index (χ1) is 5.41. The maximum atomic E-state index is 10.8. The van der Waals surface area contributed by atoms with Crippen LogP contribution in [-0.2, 0) is 9.84 Å². The number of nitrogens with zero attached hydrogens (tertiary/aromatic N) is 1. The molecule has 0 fully saturated rings. The normalized spacial score (nSPS) is 11.4. The summed E-state index contributed by atoms with van der Waals surface area (Å²) in [5, 5.41) is -0.503. The van der Waals surface area contributed by atoms with E-state index in [0.717, 1.165) is 12.5 Å². The molecule has 1 amide bonds. The van der Waals surface area contributed by atoms with E-state index in [1.54, 1.807) is 0 Å². The lowest BCUT2D eigenvalue weighted by Crippen LogP contribution is -2.11. The predicted octanol–water partition coefficient (Wildman–Crippen LogP) is -0.823. The summed E-state index contributed by atoms with van der Waals surface area (Å²) in [5.41, 5.74) is 4.62. The molecule has 0 aliphatic heterocycles. The van der Waals surface area contributed by atoms with Crippen molar-refractivity contribution in [3.63, 3.8) is 0 Å². The maximum Gasteiger partial charge on any atom is 0.315 e. The van der Waals surface area contributed by atoms with E-state index in [9.17, 15) is 13.2 Å². The zero-order chi connectivity index (χ0) is 9.35. The molecule has 0 aliphatic carbocycles. The fourth-order valence-electron chi connectivity index (χ4n) is 0.541. The number of oxazole rings is 1. The zero-order valence-corrected chi connectivity index (χ0v) is 6.96. The van der Waals surface area contributed by atoms with Crippen LogP contribution in [-0.4, -0.2) is 25.6 Å². The van der Waals surface area contributed by atoms with E-state index in [-0.39, 0.29) is 5.69 Å². The lowest BCUT2D eigenvalue weighted by Gasteiger charge is -1.85. The van der Waals surface area contributed by atoms with Gasteiger partial charge in [-0.2, -0.15) is 4.98 Å². The Labute approximate surface area is 68.3 Å². The Kier molecular flexibility index (Phi) is 1.89. The van der Waals surface area contributed by atoms with E-state index >= 15 is 0 Å². The lowest BCUT2D eigenvalue weighted by atomic mass is 10.5. The van der Waals surface area contributed by atoms with Crippen molar-refractivity contribution in [2.75, 3.05) is 6.26 Å². The molecule has 0 unspecified atom stereocenters. The molecule has 0 saturated heterocycles. The summed E-state index contributed by atoms with van der Waals surface area (Å²) in [6, 6.07) is 0. The van der Waals surface area contributed by atoms with Crippen LogP contribution in [0, 0.1) is 0 Å². The van der Waals surface area contributed by atoms with Crippen LogP contribution >= 0.6 is 0 Å². The van der Waals surface area contributed by atoms with Crippen LogP contribution in [0.5, 0.6) is 0 Å². The second-order valence-corrected chi connectivity index (χ2v) is 4.03. The number of amides is 1. The first-order valence-corrected chi connectivity index (χ1v) is 4.76. The highest BCUT2D eigenvalue weighted by Gasteiger charge is 2.16. The Bertz CT molecular complexity index is 405. The number of nitrogens with two attached hydrogens (primary N) is 1. The van der Waals surface area contributed by atoms with Gasteiger partial charge >= 0.3 is 5.22 Å². The molecule has 0 atom stereocenters. The monoisotopic (exact) mass is 190 g/mol. The van der Waals surface area contributed by atoms with Gasteiger partial charge in [-0.15, -0.1) is 0 Å². The van der Waals surface area contributed by atoms with Gasteiger partial charge in [0, 0.05) is 6.26 Å². The smallest absolute Gasteiger partial charge is 0.315 e. The standard InChI is InChI=1S/C5H6N2O4S/c1-12(9,10)5-7-3(2-11-5)4(6)8/h2H,1H3,(H2,6,8). The molecule has 7 heteroatoms. The first kappa shape index (κ1) is 8.72. The van der Waals surface area contributed by atoms with E-state index in [1.807, 2.05) is 0 Å². The topological polar surface area (TPSA) is 103 Å². The minimum absolute atomic E-state index is 0.199. The van der Waals surface area contributed by atoms with Crippen molar-refractivity contribution in [3.8, 4) is 0 Å². The van der Waals surface area contributed by atoms with Crippen molar-refractivity contribution in [2.24, 2.45) is 5.73 Å². The van der Waals surface area contributed by atoms with Crippen molar-refractivity contribution in [2.45, 2.75) is 5.22 Å². The van der Waals surface area contributed by atoms with Gasteiger partial charge in [0.2, 0.25) is 9.84 Å². The summed E-state index contributed by atoms with van der Waals surface area (Å²) < 4.78 is 26.0. The quantitative estimate of drug-likeness (QED) is 0.656. The number of aromatic nitrogens is 1. The molecule has 1 aromatic rings. The lowest BCUT2D eigenvalue weighted by molar-refractivity contribution is 0.0995. The van der Waals surface area contributed by atoms with Gasteiger partial charge in [-0.3, -0.25) is 4.79 Å².